The van der Waals surface area contributed by atoms with Gasteiger partial charge in [0.2, 0.25) is 0 Å². The third kappa shape index (κ3) is 13.2. The van der Waals surface area contributed by atoms with Gasteiger partial charge >= 0.3 is 14.8 Å². The smallest absolute Gasteiger partial charge is 0.466 e. The van der Waals surface area contributed by atoms with Gasteiger partial charge < -0.3 is 17.1 Å². The molecule has 0 heterocycles. The lowest BCUT2D eigenvalue weighted by Crippen LogP contribution is -2.60. The Labute approximate surface area is 146 Å². The molecule has 0 amide bonds. The molecule has 23 heavy (non-hydrogen) atoms. The number of esters is 1. The maximum atomic E-state index is 11.0. The summed E-state index contributed by atoms with van der Waals surface area (Å²) in [4.78, 5) is 11.0. The second-order valence-electron chi connectivity index (χ2n) is 8.77. The SMILES string of the molecule is CC(=O)OCCC[Si](O[Si](C)(C)C)(O[Si](C)(C)C)O[Si](C)(C)C. The fraction of sp³-hybridized carbons (Fsp3) is 0.929. The largest absolute Gasteiger partial charge is 0.469 e. The van der Waals surface area contributed by atoms with Crippen LogP contribution in [0.4, 0.5) is 0 Å². The molecule has 0 aromatic heterocycles. The number of rotatable bonds is 10. The summed E-state index contributed by atoms with van der Waals surface area (Å²) in [6.45, 7) is 21.3. The quantitative estimate of drug-likeness (QED) is 0.310. The second-order valence-corrected chi connectivity index (χ2v) is 25.8. The van der Waals surface area contributed by atoms with E-state index in [2.05, 4.69) is 58.9 Å². The van der Waals surface area contributed by atoms with Crippen LogP contribution in [-0.4, -0.2) is 46.3 Å². The van der Waals surface area contributed by atoms with Crippen molar-refractivity contribution in [3.05, 3.63) is 0 Å². The van der Waals surface area contributed by atoms with Crippen LogP contribution in [-0.2, 0) is 21.9 Å². The Morgan fingerprint density at radius 3 is 1.35 bits per heavy atom. The van der Waals surface area contributed by atoms with Crippen molar-refractivity contribution in [2.45, 2.75) is 78.3 Å². The summed E-state index contributed by atoms with van der Waals surface area (Å²) in [5, 5.41) is 0. The van der Waals surface area contributed by atoms with Crippen molar-refractivity contribution in [2.24, 2.45) is 0 Å². The summed E-state index contributed by atoms with van der Waals surface area (Å²) in [5.41, 5.74) is 0. The van der Waals surface area contributed by atoms with E-state index < -0.39 is 33.8 Å². The zero-order valence-corrected chi connectivity index (χ0v) is 20.7. The molecule has 0 aromatic rings. The van der Waals surface area contributed by atoms with E-state index in [1.54, 1.807) is 0 Å². The summed E-state index contributed by atoms with van der Waals surface area (Å²) >= 11 is 0. The molecule has 0 N–H and O–H groups in total. The van der Waals surface area contributed by atoms with Crippen LogP contribution < -0.4 is 0 Å². The van der Waals surface area contributed by atoms with Crippen LogP contribution in [0.15, 0.2) is 0 Å². The van der Waals surface area contributed by atoms with Gasteiger partial charge in [0, 0.05) is 13.0 Å². The molecule has 0 rings (SSSR count). The third-order valence-electron chi connectivity index (χ3n) is 2.32. The molecule has 0 aromatic carbocycles. The molecule has 0 bridgehead atoms. The van der Waals surface area contributed by atoms with Crippen molar-refractivity contribution in [1.82, 2.24) is 0 Å². The molecule has 0 fully saturated rings. The lowest BCUT2D eigenvalue weighted by atomic mass is 10.5. The van der Waals surface area contributed by atoms with Gasteiger partial charge in [0.15, 0.2) is 25.0 Å². The fourth-order valence-corrected chi connectivity index (χ4v) is 16.7. The molecule has 0 unspecified atom stereocenters. The van der Waals surface area contributed by atoms with E-state index >= 15 is 0 Å². The molecule has 0 atom stereocenters. The van der Waals surface area contributed by atoms with E-state index in [1.807, 2.05) is 0 Å². The van der Waals surface area contributed by atoms with Gasteiger partial charge in [-0.2, -0.15) is 0 Å². The summed E-state index contributed by atoms with van der Waals surface area (Å²) in [7, 11) is -8.26. The first kappa shape index (κ1) is 23.2. The third-order valence-corrected chi connectivity index (χ3v) is 14.4. The van der Waals surface area contributed by atoms with Gasteiger partial charge in [0.25, 0.3) is 0 Å². The van der Waals surface area contributed by atoms with Crippen LogP contribution in [0.2, 0.25) is 65.0 Å². The molecule has 0 spiro atoms. The lowest BCUT2D eigenvalue weighted by Gasteiger charge is -2.42. The van der Waals surface area contributed by atoms with Gasteiger partial charge in [-0.1, -0.05) is 0 Å². The maximum Gasteiger partial charge on any atom is 0.469 e. The molecule has 0 aliphatic rings. The summed E-state index contributed by atoms with van der Waals surface area (Å²) in [6.07, 6.45) is 0.714. The zero-order chi connectivity index (χ0) is 18.5. The molecule has 9 heteroatoms. The average molecular weight is 397 g/mol. The Morgan fingerprint density at radius 1 is 0.739 bits per heavy atom. The van der Waals surface area contributed by atoms with Crippen molar-refractivity contribution >= 4 is 39.7 Å². The Kier molecular flexibility index (Phi) is 8.62. The van der Waals surface area contributed by atoms with Crippen LogP contribution in [0, 0.1) is 0 Å². The van der Waals surface area contributed by atoms with Gasteiger partial charge in [0.05, 0.1) is 6.61 Å². The Balaban J connectivity index is 5.32. The van der Waals surface area contributed by atoms with Crippen LogP contribution in [0.1, 0.15) is 13.3 Å². The molecule has 0 aliphatic heterocycles. The number of carbonyl (C=O) groups excluding carboxylic acids is 1. The molecule has 0 radical (unpaired) electrons. The van der Waals surface area contributed by atoms with E-state index in [0.29, 0.717) is 19.1 Å². The Morgan fingerprint density at radius 2 is 1.09 bits per heavy atom. The highest BCUT2D eigenvalue weighted by molar-refractivity contribution is 6.90. The predicted octanol–water partition coefficient (Wildman–Crippen LogP) is 4.43. The Hall–Kier alpha value is 0.218. The normalized spacial score (nSPS) is 14.0. The lowest BCUT2D eigenvalue weighted by molar-refractivity contribution is -0.141. The van der Waals surface area contributed by atoms with E-state index in [4.69, 9.17) is 17.1 Å². The van der Waals surface area contributed by atoms with Gasteiger partial charge in [-0.25, -0.2) is 0 Å². The highest BCUT2D eigenvalue weighted by atomic mass is 28.5. The van der Waals surface area contributed by atoms with E-state index in [1.165, 1.54) is 6.92 Å². The van der Waals surface area contributed by atoms with E-state index in [0.717, 1.165) is 0 Å². The first-order valence-electron chi connectivity index (χ1n) is 8.28. The number of ether oxygens (including phenoxy) is 1. The van der Waals surface area contributed by atoms with Crippen molar-refractivity contribution < 1.29 is 21.9 Å². The topological polar surface area (TPSA) is 54.0 Å². The molecule has 0 aliphatic carbocycles. The number of hydrogen-bond acceptors (Lipinski definition) is 5. The van der Waals surface area contributed by atoms with Gasteiger partial charge in [-0.05, 0) is 65.3 Å². The summed E-state index contributed by atoms with van der Waals surface area (Å²) in [5.74, 6) is -0.249. The van der Waals surface area contributed by atoms with Gasteiger partial charge in [0.1, 0.15) is 0 Å². The second kappa shape index (κ2) is 8.54. The zero-order valence-electron chi connectivity index (χ0n) is 16.7. The standard InChI is InChI=1S/C14H36O5Si4/c1-14(15)16-12-11-13-23(17-20(2,3)4,18-21(5,6)7)19-22(8,9)10/h11-13H2,1-10H3. The molecular formula is C14H36O5Si4. The van der Waals surface area contributed by atoms with Gasteiger partial charge in [-0.15, -0.1) is 0 Å². The molecule has 5 nitrogen and oxygen atoms in total. The monoisotopic (exact) mass is 396 g/mol. The van der Waals surface area contributed by atoms with Crippen molar-refractivity contribution in [3.8, 4) is 0 Å². The van der Waals surface area contributed by atoms with Crippen molar-refractivity contribution in [3.63, 3.8) is 0 Å². The minimum Gasteiger partial charge on any atom is -0.466 e. The first-order valence-corrected chi connectivity index (χ1v) is 20.4. The fourth-order valence-electron chi connectivity index (χ4n) is 2.12. The minimum atomic E-state index is -2.78. The average Bonchev–Trinajstić information content (AvgIpc) is 2.16. The maximum absolute atomic E-state index is 11.0. The van der Waals surface area contributed by atoms with E-state index in [9.17, 15) is 4.79 Å². The summed E-state index contributed by atoms with van der Waals surface area (Å²) < 4.78 is 24.7. The number of hydrogen-bond donors (Lipinski definition) is 0. The molecule has 0 saturated carbocycles. The highest BCUT2D eigenvalue weighted by Gasteiger charge is 2.49. The Bertz CT molecular complexity index is 341. The van der Waals surface area contributed by atoms with Crippen LogP contribution in [0.25, 0.3) is 0 Å². The molecular weight excluding hydrogens is 360 g/mol. The first-order chi connectivity index (χ1) is 10.0. The van der Waals surface area contributed by atoms with Crippen LogP contribution >= 0.6 is 0 Å². The molecule has 138 valence electrons. The molecule has 0 saturated heterocycles. The van der Waals surface area contributed by atoms with Gasteiger partial charge in [-0.3, -0.25) is 4.79 Å². The highest BCUT2D eigenvalue weighted by Crippen LogP contribution is 2.29. The number of carbonyl (C=O) groups is 1. The minimum absolute atomic E-state index is 0.249. The van der Waals surface area contributed by atoms with Crippen molar-refractivity contribution in [2.75, 3.05) is 6.61 Å². The van der Waals surface area contributed by atoms with Crippen LogP contribution in [0.3, 0.4) is 0 Å². The summed E-state index contributed by atoms with van der Waals surface area (Å²) in [6, 6.07) is 0.707. The van der Waals surface area contributed by atoms with E-state index in [-0.39, 0.29) is 5.97 Å². The van der Waals surface area contributed by atoms with Crippen molar-refractivity contribution in [1.29, 1.82) is 0 Å². The van der Waals surface area contributed by atoms with Crippen LogP contribution in [0.5, 0.6) is 0 Å². The predicted molar refractivity (Wildman–Crippen MR) is 105 cm³/mol.